The van der Waals surface area contributed by atoms with Crippen LogP contribution in [0.25, 0.3) is 22.4 Å². The van der Waals surface area contributed by atoms with E-state index in [0.717, 1.165) is 16.8 Å². The fourth-order valence-electron chi connectivity index (χ4n) is 2.81. The Balaban J connectivity index is 1.54. The molecular weight excluding hydrogens is 358 g/mol. The first-order chi connectivity index (χ1) is 13.3. The second-order valence-corrected chi connectivity index (χ2v) is 6.87. The summed E-state index contributed by atoms with van der Waals surface area (Å²) in [6.45, 7) is 4.38. The zero-order valence-electron chi connectivity index (χ0n) is 14.5. The average molecular weight is 375 g/mol. The molecule has 0 saturated heterocycles. The molecule has 134 valence electrons. The van der Waals surface area contributed by atoms with Gasteiger partial charge in [0.05, 0.1) is 5.75 Å². The van der Waals surface area contributed by atoms with E-state index >= 15 is 0 Å². The van der Waals surface area contributed by atoms with Crippen LogP contribution in [0.5, 0.6) is 0 Å². The van der Waals surface area contributed by atoms with Gasteiger partial charge in [0.1, 0.15) is 5.58 Å². The van der Waals surface area contributed by atoms with Gasteiger partial charge in [-0.2, -0.15) is 0 Å². The van der Waals surface area contributed by atoms with Gasteiger partial charge in [0.15, 0.2) is 16.7 Å². The largest absolute Gasteiger partial charge is 0.453 e. The highest BCUT2D eigenvalue weighted by Gasteiger charge is 2.17. The van der Waals surface area contributed by atoms with Crippen LogP contribution in [0.1, 0.15) is 10.6 Å². The SMILES string of the molecule is C=CCn1c(SCC(=O)c2cc3ccccc3o2)nnc1-c1ccccc1. The van der Waals surface area contributed by atoms with Crippen LogP contribution in [0.3, 0.4) is 0 Å². The highest BCUT2D eigenvalue weighted by atomic mass is 32.2. The van der Waals surface area contributed by atoms with E-state index in [4.69, 9.17) is 4.42 Å². The fourth-order valence-corrected chi connectivity index (χ4v) is 3.63. The summed E-state index contributed by atoms with van der Waals surface area (Å²) in [5.41, 5.74) is 1.69. The zero-order valence-corrected chi connectivity index (χ0v) is 15.4. The molecule has 0 aliphatic heterocycles. The molecule has 0 fully saturated rings. The van der Waals surface area contributed by atoms with E-state index < -0.39 is 0 Å². The van der Waals surface area contributed by atoms with Crippen molar-refractivity contribution in [1.82, 2.24) is 14.8 Å². The number of Topliss-reactive ketones (excluding diaryl/α,β-unsaturated/α-hetero) is 1. The topological polar surface area (TPSA) is 60.9 Å². The van der Waals surface area contributed by atoms with Crippen molar-refractivity contribution in [2.24, 2.45) is 0 Å². The van der Waals surface area contributed by atoms with Gasteiger partial charge >= 0.3 is 0 Å². The average Bonchev–Trinajstić information content (AvgIpc) is 3.31. The Morgan fingerprint density at radius 3 is 2.67 bits per heavy atom. The summed E-state index contributed by atoms with van der Waals surface area (Å²) in [4.78, 5) is 12.5. The molecule has 0 unspecified atom stereocenters. The summed E-state index contributed by atoms with van der Waals surface area (Å²) < 4.78 is 7.61. The molecular formula is C21H17N3O2S. The van der Waals surface area contributed by atoms with Gasteiger partial charge in [-0.25, -0.2) is 0 Å². The summed E-state index contributed by atoms with van der Waals surface area (Å²) in [7, 11) is 0. The van der Waals surface area contributed by atoms with Crippen molar-refractivity contribution in [1.29, 1.82) is 0 Å². The predicted octanol–water partition coefficient (Wildman–Crippen LogP) is 4.85. The molecule has 0 saturated carbocycles. The summed E-state index contributed by atoms with van der Waals surface area (Å²) in [5, 5.41) is 10.2. The van der Waals surface area contributed by atoms with Gasteiger partial charge in [-0.05, 0) is 12.1 Å². The van der Waals surface area contributed by atoms with Gasteiger partial charge in [-0.15, -0.1) is 16.8 Å². The highest BCUT2D eigenvalue weighted by molar-refractivity contribution is 7.99. The first kappa shape index (κ1) is 17.3. The van der Waals surface area contributed by atoms with Gasteiger partial charge < -0.3 is 4.42 Å². The molecule has 0 aliphatic carbocycles. The Morgan fingerprint density at radius 1 is 1.11 bits per heavy atom. The molecule has 0 aliphatic rings. The van der Waals surface area contributed by atoms with Crippen LogP contribution < -0.4 is 0 Å². The number of furan rings is 1. The Hall–Kier alpha value is -3.12. The summed E-state index contributed by atoms with van der Waals surface area (Å²) >= 11 is 1.35. The fraction of sp³-hybridized carbons (Fsp3) is 0.0952. The normalized spacial score (nSPS) is 11.0. The molecule has 5 nitrogen and oxygen atoms in total. The minimum absolute atomic E-state index is 0.0781. The van der Waals surface area contributed by atoms with Crippen LogP contribution in [0.4, 0.5) is 0 Å². The minimum atomic E-state index is -0.0781. The second-order valence-electron chi connectivity index (χ2n) is 5.93. The van der Waals surface area contributed by atoms with Crippen molar-refractivity contribution >= 4 is 28.5 Å². The maximum absolute atomic E-state index is 12.5. The maximum atomic E-state index is 12.5. The van der Waals surface area contributed by atoms with Crippen LogP contribution in [0, 0.1) is 0 Å². The molecule has 2 heterocycles. The number of benzene rings is 2. The van der Waals surface area contributed by atoms with E-state index in [1.54, 1.807) is 12.1 Å². The third kappa shape index (κ3) is 3.57. The van der Waals surface area contributed by atoms with Crippen molar-refractivity contribution in [3.05, 3.63) is 79.1 Å². The predicted molar refractivity (Wildman–Crippen MR) is 107 cm³/mol. The number of carbonyl (C=O) groups is 1. The summed E-state index contributed by atoms with van der Waals surface area (Å²) in [6.07, 6.45) is 1.79. The van der Waals surface area contributed by atoms with Crippen LogP contribution in [-0.4, -0.2) is 26.3 Å². The molecule has 0 spiro atoms. The second kappa shape index (κ2) is 7.63. The van der Waals surface area contributed by atoms with E-state index in [2.05, 4.69) is 16.8 Å². The van der Waals surface area contributed by atoms with E-state index in [-0.39, 0.29) is 11.5 Å². The highest BCUT2D eigenvalue weighted by Crippen LogP contribution is 2.26. The third-order valence-electron chi connectivity index (χ3n) is 4.09. The van der Waals surface area contributed by atoms with Gasteiger partial charge in [0.2, 0.25) is 5.78 Å². The third-order valence-corrected chi connectivity index (χ3v) is 5.06. The summed E-state index contributed by atoms with van der Waals surface area (Å²) in [6, 6.07) is 19.2. The molecule has 4 aromatic rings. The number of para-hydroxylation sites is 1. The van der Waals surface area contributed by atoms with E-state index in [1.807, 2.05) is 59.2 Å². The molecule has 0 amide bonds. The number of fused-ring (bicyclic) bond motifs is 1. The van der Waals surface area contributed by atoms with Crippen molar-refractivity contribution in [2.75, 3.05) is 5.75 Å². The lowest BCUT2D eigenvalue weighted by molar-refractivity contribution is 0.0994. The number of rotatable bonds is 7. The minimum Gasteiger partial charge on any atom is -0.453 e. The van der Waals surface area contributed by atoms with Crippen molar-refractivity contribution in [3.63, 3.8) is 0 Å². The molecule has 27 heavy (non-hydrogen) atoms. The number of allylic oxidation sites excluding steroid dienone is 1. The van der Waals surface area contributed by atoms with Crippen LogP contribution in [0.15, 0.2) is 82.9 Å². The van der Waals surface area contributed by atoms with Crippen molar-refractivity contribution in [2.45, 2.75) is 11.7 Å². The van der Waals surface area contributed by atoms with Crippen LogP contribution in [-0.2, 0) is 6.54 Å². The molecule has 2 aromatic heterocycles. The summed E-state index contributed by atoms with van der Waals surface area (Å²) in [5.74, 6) is 1.27. The Morgan fingerprint density at radius 2 is 1.89 bits per heavy atom. The maximum Gasteiger partial charge on any atom is 0.208 e. The molecule has 0 radical (unpaired) electrons. The van der Waals surface area contributed by atoms with Gasteiger partial charge in [-0.1, -0.05) is 66.4 Å². The van der Waals surface area contributed by atoms with Gasteiger partial charge in [0.25, 0.3) is 0 Å². The smallest absolute Gasteiger partial charge is 0.208 e. The van der Waals surface area contributed by atoms with E-state index in [1.165, 1.54) is 11.8 Å². The van der Waals surface area contributed by atoms with Crippen molar-refractivity contribution in [3.8, 4) is 11.4 Å². The number of nitrogens with zero attached hydrogens (tertiary/aromatic N) is 3. The molecule has 0 atom stereocenters. The number of aromatic nitrogens is 3. The zero-order chi connectivity index (χ0) is 18.6. The Bertz CT molecular complexity index is 1070. The van der Waals surface area contributed by atoms with Gasteiger partial charge in [-0.3, -0.25) is 9.36 Å². The molecule has 4 rings (SSSR count). The number of hydrogen-bond donors (Lipinski definition) is 0. The quantitative estimate of drug-likeness (QED) is 0.262. The first-order valence-corrected chi connectivity index (χ1v) is 9.49. The lowest BCUT2D eigenvalue weighted by Gasteiger charge is -2.07. The molecule has 0 bridgehead atoms. The van der Waals surface area contributed by atoms with Crippen molar-refractivity contribution < 1.29 is 9.21 Å². The van der Waals surface area contributed by atoms with E-state index in [9.17, 15) is 4.79 Å². The number of thioether (sulfide) groups is 1. The monoisotopic (exact) mass is 375 g/mol. The first-order valence-electron chi connectivity index (χ1n) is 8.50. The lowest BCUT2D eigenvalue weighted by Crippen LogP contribution is -2.04. The Kier molecular flexibility index (Phi) is 4.89. The molecule has 2 aromatic carbocycles. The molecule has 0 N–H and O–H groups in total. The van der Waals surface area contributed by atoms with Crippen LogP contribution in [0.2, 0.25) is 0 Å². The molecule has 6 heteroatoms. The lowest BCUT2D eigenvalue weighted by atomic mass is 10.2. The van der Waals surface area contributed by atoms with E-state index in [0.29, 0.717) is 23.0 Å². The number of carbonyl (C=O) groups excluding carboxylic acids is 1. The number of hydrogen-bond acceptors (Lipinski definition) is 5. The number of ketones is 1. The standard InChI is InChI=1S/C21H17N3O2S/c1-2-12-24-20(15-8-4-3-5-9-15)22-23-21(24)27-14-17(25)19-13-16-10-6-7-11-18(16)26-19/h2-11,13H,1,12,14H2. The van der Waals surface area contributed by atoms with Crippen LogP contribution >= 0.6 is 11.8 Å². The van der Waals surface area contributed by atoms with Gasteiger partial charge in [0, 0.05) is 17.5 Å². The Labute approximate surface area is 160 Å².